The minimum atomic E-state index is -0.349. The predicted molar refractivity (Wildman–Crippen MR) is 107 cm³/mol. The number of thiophene rings is 1. The van der Waals surface area contributed by atoms with Gasteiger partial charge in [-0.05, 0) is 45.1 Å². The van der Waals surface area contributed by atoms with Gasteiger partial charge in [0.25, 0.3) is 0 Å². The van der Waals surface area contributed by atoms with Gasteiger partial charge in [0.1, 0.15) is 10.8 Å². The minimum absolute atomic E-state index is 0.158. The van der Waals surface area contributed by atoms with Crippen LogP contribution in [0.1, 0.15) is 53.3 Å². The van der Waals surface area contributed by atoms with Crippen molar-refractivity contribution >= 4 is 40.0 Å². The molecule has 0 fully saturated rings. The van der Waals surface area contributed by atoms with Gasteiger partial charge in [-0.25, -0.2) is 4.79 Å². The number of aryl methyl sites for hydroxylation is 2. The van der Waals surface area contributed by atoms with E-state index in [2.05, 4.69) is 22.4 Å². The van der Waals surface area contributed by atoms with Crippen LogP contribution in [0.4, 0.5) is 5.00 Å². The Labute approximate surface area is 166 Å². The second kappa shape index (κ2) is 8.88. The number of aromatic nitrogens is 3. The monoisotopic (exact) mass is 408 g/mol. The van der Waals surface area contributed by atoms with Crippen molar-refractivity contribution in [3.8, 4) is 0 Å². The minimum Gasteiger partial charge on any atom is -0.462 e. The van der Waals surface area contributed by atoms with Crippen LogP contribution in [-0.2, 0) is 28.9 Å². The summed E-state index contributed by atoms with van der Waals surface area (Å²) in [4.78, 5) is 26.0. The average molecular weight is 409 g/mol. The number of esters is 1. The highest BCUT2D eigenvalue weighted by atomic mass is 32.2. The molecule has 3 rings (SSSR count). The fraction of sp³-hybridized carbons (Fsp3) is 0.556. The molecule has 9 heteroatoms. The molecule has 7 nitrogen and oxygen atoms in total. The Kier molecular flexibility index (Phi) is 6.54. The molecule has 1 N–H and O–H groups in total. The number of hydrogen-bond donors (Lipinski definition) is 1. The average Bonchev–Trinajstić information content (AvgIpc) is 3.29. The first-order chi connectivity index (χ1) is 13.0. The van der Waals surface area contributed by atoms with Crippen molar-refractivity contribution in [1.82, 2.24) is 14.8 Å². The molecular weight excluding hydrogens is 384 g/mol. The summed E-state index contributed by atoms with van der Waals surface area (Å²) < 4.78 is 7.21. The van der Waals surface area contributed by atoms with E-state index in [-0.39, 0.29) is 17.6 Å². The van der Waals surface area contributed by atoms with E-state index in [4.69, 9.17) is 4.74 Å². The standard InChI is InChI=1S/C18H24N4O3S2/c1-4-9-22-11(3)20-21-18(22)26-10-14(23)19-16-15(17(24)25-5-2)12-7-6-8-13(12)27-16/h4-10H2,1-3H3,(H,19,23). The van der Waals surface area contributed by atoms with Crippen molar-refractivity contribution in [3.05, 3.63) is 21.8 Å². The van der Waals surface area contributed by atoms with Crippen LogP contribution in [0.15, 0.2) is 5.16 Å². The third kappa shape index (κ3) is 4.35. The second-order valence-corrected chi connectivity index (χ2v) is 8.35. The lowest BCUT2D eigenvalue weighted by molar-refractivity contribution is -0.113. The molecule has 2 heterocycles. The zero-order valence-electron chi connectivity index (χ0n) is 15.8. The van der Waals surface area contributed by atoms with Gasteiger partial charge in [0.15, 0.2) is 5.16 Å². The van der Waals surface area contributed by atoms with Crippen LogP contribution in [0, 0.1) is 6.92 Å². The van der Waals surface area contributed by atoms with Crippen LogP contribution in [-0.4, -0.2) is 39.0 Å². The van der Waals surface area contributed by atoms with E-state index in [0.717, 1.165) is 48.8 Å². The van der Waals surface area contributed by atoms with E-state index in [9.17, 15) is 9.59 Å². The summed E-state index contributed by atoms with van der Waals surface area (Å²) in [5.41, 5.74) is 1.58. The fourth-order valence-electron chi connectivity index (χ4n) is 3.15. The Balaban J connectivity index is 1.69. The van der Waals surface area contributed by atoms with E-state index in [1.807, 2.05) is 11.5 Å². The van der Waals surface area contributed by atoms with Crippen LogP contribution < -0.4 is 5.32 Å². The molecule has 1 aliphatic carbocycles. The number of ether oxygens (including phenoxy) is 1. The predicted octanol–water partition coefficient (Wildman–Crippen LogP) is 3.45. The lowest BCUT2D eigenvalue weighted by Crippen LogP contribution is -2.17. The summed E-state index contributed by atoms with van der Waals surface area (Å²) in [7, 11) is 0. The van der Waals surface area contributed by atoms with Gasteiger partial charge in [-0.3, -0.25) is 4.79 Å². The number of hydrogen-bond acceptors (Lipinski definition) is 7. The molecule has 2 aromatic heterocycles. The largest absolute Gasteiger partial charge is 0.462 e. The number of carbonyl (C=O) groups excluding carboxylic acids is 2. The summed E-state index contributed by atoms with van der Waals surface area (Å²) in [5, 5.41) is 12.5. The topological polar surface area (TPSA) is 86.1 Å². The normalized spacial score (nSPS) is 12.9. The highest BCUT2D eigenvalue weighted by Gasteiger charge is 2.28. The number of fused-ring (bicyclic) bond motifs is 1. The highest BCUT2D eigenvalue weighted by molar-refractivity contribution is 7.99. The van der Waals surface area contributed by atoms with Gasteiger partial charge >= 0.3 is 5.97 Å². The molecular formula is C18H24N4O3S2. The molecule has 1 aliphatic rings. The Morgan fingerprint density at radius 2 is 2.11 bits per heavy atom. The maximum atomic E-state index is 12.5. The number of nitrogens with zero attached hydrogens (tertiary/aromatic N) is 3. The Bertz CT molecular complexity index is 844. The van der Waals surface area contributed by atoms with Crippen molar-refractivity contribution in [1.29, 1.82) is 0 Å². The third-order valence-corrected chi connectivity index (χ3v) is 6.51. The lowest BCUT2D eigenvalue weighted by Gasteiger charge is -2.08. The van der Waals surface area contributed by atoms with Crippen molar-refractivity contribution in [3.63, 3.8) is 0 Å². The van der Waals surface area contributed by atoms with E-state index in [1.165, 1.54) is 28.0 Å². The molecule has 2 aromatic rings. The molecule has 0 saturated heterocycles. The number of anilines is 1. The number of carbonyl (C=O) groups is 2. The zero-order chi connectivity index (χ0) is 19.4. The van der Waals surface area contributed by atoms with E-state index in [0.29, 0.717) is 17.2 Å². The summed E-state index contributed by atoms with van der Waals surface area (Å²) in [5.74, 6) is 0.554. The first kappa shape index (κ1) is 19.9. The summed E-state index contributed by atoms with van der Waals surface area (Å²) in [6, 6.07) is 0. The van der Waals surface area contributed by atoms with E-state index in [1.54, 1.807) is 6.92 Å². The van der Waals surface area contributed by atoms with Gasteiger partial charge < -0.3 is 14.6 Å². The Morgan fingerprint density at radius 3 is 2.85 bits per heavy atom. The summed E-state index contributed by atoms with van der Waals surface area (Å²) in [6.07, 6.45) is 3.84. The van der Waals surface area contributed by atoms with Gasteiger partial charge in [0, 0.05) is 11.4 Å². The Morgan fingerprint density at radius 1 is 1.30 bits per heavy atom. The first-order valence-corrected chi connectivity index (χ1v) is 11.0. The molecule has 0 spiro atoms. The van der Waals surface area contributed by atoms with Gasteiger partial charge in [0.05, 0.1) is 17.9 Å². The molecule has 0 unspecified atom stereocenters. The molecule has 27 heavy (non-hydrogen) atoms. The summed E-state index contributed by atoms with van der Waals surface area (Å²) in [6.45, 7) is 6.93. The van der Waals surface area contributed by atoms with Gasteiger partial charge in [0.2, 0.25) is 5.91 Å². The van der Waals surface area contributed by atoms with E-state index >= 15 is 0 Å². The molecule has 0 saturated carbocycles. The maximum absolute atomic E-state index is 12.5. The van der Waals surface area contributed by atoms with Crippen LogP contribution in [0.5, 0.6) is 0 Å². The smallest absolute Gasteiger partial charge is 0.341 e. The van der Waals surface area contributed by atoms with Gasteiger partial charge in [-0.1, -0.05) is 18.7 Å². The van der Waals surface area contributed by atoms with Crippen LogP contribution >= 0.6 is 23.1 Å². The highest BCUT2D eigenvalue weighted by Crippen LogP contribution is 2.39. The van der Waals surface area contributed by atoms with Gasteiger partial charge in [-0.15, -0.1) is 21.5 Å². The second-order valence-electron chi connectivity index (χ2n) is 6.30. The maximum Gasteiger partial charge on any atom is 0.341 e. The molecule has 1 amide bonds. The van der Waals surface area contributed by atoms with Gasteiger partial charge in [-0.2, -0.15) is 0 Å². The number of nitrogens with one attached hydrogen (secondary N) is 1. The molecule has 146 valence electrons. The fourth-order valence-corrected chi connectivity index (χ4v) is 5.26. The lowest BCUT2D eigenvalue weighted by atomic mass is 10.1. The first-order valence-electron chi connectivity index (χ1n) is 9.19. The van der Waals surface area contributed by atoms with Crippen molar-refractivity contribution in [2.75, 3.05) is 17.7 Å². The quantitative estimate of drug-likeness (QED) is 0.532. The van der Waals surface area contributed by atoms with Crippen LogP contribution in [0.25, 0.3) is 0 Å². The Hall–Kier alpha value is -1.87. The molecule has 0 atom stereocenters. The van der Waals surface area contributed by atoms with E-state index < -0.39 is 0 Å². The van der Waals surface area contributed by atoms with Crippen molar-refractivity contribution in [2.45, 2.75) is 58.2 Å². The third-order valence-electron chi connectivity index (χ3n) is 4.34. The molecule has 0 radical (unpaired) electrons. The molecule has 0 bridgehead atoms. The van der Waals surface area contributed by atoms with Crippen molar-refractivity contribution in [2.24, 2.45) is 0 Å². The van der Waals surface area contributed by atoms with Crippen LogP contribution in [0.3, 0.4) is 0 Å². The molecule has 0 aromatic carbocycles. The van der Waals surface area contributed by atoms with Crippen LogP contribution in [0.2, 0.25) is 0 Å². The van der Waals surface area contributed by atoms with Crippen molar-refractivity contribution < 1.29 is 14.3 Å². The SMILES string of the molecule is CCCn1c(C)nnc1SCC(=O)Nc1sc2c(c1C(=O)OCC)CCC2. The number of rotatable bonds is 8. The molecule has 0 aliphatic heterocycles. The number of amides is 1. The zero-order valence-corrected chi connectivity index (χ0v) is 17.5. The summed E-state index contributed by atoms with van der Waals surface area (Å²) >= 11 is 2.85. The number of thioether (sulfide) groups is 1.